The van der Waals surface area contributed by atoms with E-state index in [1.54, 1.807) is 6.92 Å². The molecule has 19 heavy (non-hydrogen) atoms. The van der Waals surface area contributed by atoms with Crippen molar-refractivity contribution in [2.24, 2.45) is 0 Å². The first-order chi connectivity index (χ1) is 8.76. The number of aromatic nitrogens is 1. The number of nitrogens with one attached hydrogen (secondary N) is 1. The van der Waals surface area contributed by atoms with Gasteiger partial charge < -0.3 is 10.4 Å². The van der Waals surface area contributed by atoms with Gasteiger partial charge in [0, 0.05) is 5.54 Å². The normalized spacial score (nSPS) is 11.2. The molecule has 0 bridgehead atoms. The number of hydrogen-bond donors (Lipinski definition) is 2. The van der Waals surface area contributed by atoms with Gasteiger partial charge in [-0.2, -0.15) is 0 Å². The number of nitrogens with zero attached hydrogens (tertiary/aromatic N) is 1. The second-order valence-corrected chi connectivity index (χ2v) is 5.22. The molecule has 0 aromatic carbocycles. The highest BCUT2D eigenvalue weighted by Gasteiger charge is 2.21. The van der Waals surface area contributed by atoms with E-state index < -0.39 is 5.97 Å². The Morgan fingerprint density at radius 3 is 2.47 bits per heavy atom. The predicted octanol–water partition coefficient (Wildman–Crippen LogP) is 2.40. The lowest BCUT2D eigenvalue weighted by Gasteiger charge is -2.25. The summed E-state index contributed by atoms with van der Waals surface area (Å²) in [6.45, 7) is 7.54. The molecule has 5 nitrogen and oxygen atoms in total. The van der Waals surface area contributed by atoms with Crippen LogP contribution in [0.1, 0.15) is 60.2 Å². The maximum absolute atomic E-state index is 12.0. The summed E-state index contributed by atoms with van der Waals surface area (Å²) >= 11 is 0. The first kappa shape index (κ1) is 15.1. The Balaban J connectivity index is 2.90. The maximum atomic E-state index is 12.0. The smallest absolute Gasteiger partial charge is 0.337 e. The number of rotatable bonds is 5. The van der Waals surface area contributed by atoms with Crippen LogP contribution in [0, 0.1) is 6.92 Å². The van der Waals surface area contributed by atoms with Crippen molar-refractivity contribution in [2.45, 2.75) is 46.1 Å². The fourth-order valence-electron chi connectivity index (χ4n) is 1.97. The monoisotopic (exact) mass is 264 g/mol. The Morgan fingerprint density at radius 2 is 2.00 bits per heavy atom. The Hall–Kier alpha value is -1.91. The highest BCUT2D eigenvalue weighted by Crippen LogP contribution is 2.13. The molecule has 0 aliphatic rings. The Kier molecular flexibility index (Phi) is 4.64. The van der Waals surface area contributed by atoms with Crippen LogP contribution in [-0.2, 0) is 0 Å². The van der Waals surface area contributed by atoms with E-state index in [1.807, 2.05) is 13.8 Å². The molecule has 0 spiro atoms. The average molecular weight is 264 g/mol. The molecule has 0 atom stereocenters. The van der Waals surface area contributed by atoms with E-state index in [0.29, 0.717) is 5.69 Å². The number of aromatic carboxylic acids is 1. The van der Waals surface area contributed by atoms with Crippen LogP contribution < -0.4 is 5.32 Å². The Morgan fingerprint density at radius 1 is 1.37 bits per heavy atom. The zero-order valence-electron chi connectivity index (χ0n) is 11.8. The fourth-order valence-corrected chi connectivity index (χ4v) is 1.97. The maximum Gasteiger partial charge on any atom is 0.337 e. The second kappa shape index (κ2) is 5.82. The van der Waals surface area contributed by atoms with Crippen LogP contribution >= 0.6 is 0 Å². The molecule has 0 saturated carbocycles. The molecule has 104 valence electrons. The average Bonchev–Trinajstić information content (AvgIpc) is 2.27. The number of carbonyl (C=O) groups excluding carboxylic acids is 1. The number of aryl methyl sites for hydroxylation is 1. The molecule has 0 radical (unpaired) electrons. The van der Waals surface area contributed by atoms with E-state index in [2.05, 4.69) is 17.2 Å². The molecule has 0 saturated heterocycles. The topological polar surface area (TPSA) is 79.3 Å². The van der Waals surface area contributed by atoms with Crippen LogP contribution in [0.5, 0.6) is 0 Å². The molecule has 1 amide bonds. The van der Waals surface area contributed by atoms with E-state index >= 15 is 0 Å². The SMILES string of the molecule is CCCC(C)(C)NC(=O)c1ccc(C(=O)O)c(C)n1. The zero-order chi connectivity index (χ0) is 14.6. The van der Waals surface area contributed by atoms with Crippen LogP contribution in [0.15, 0.2) is 12.1 Å². The third kappa shape index (κ3) is 4.05. The summed E-state index contributed by atoms with van der Waals surface area (Å²) in [6.07, 6.45) is 1.84. The number of amides is 1. The van der Waals surface area contributed by atoms with E-state index in [4.69, 9.17) is 5.11 Å². The van der Waals surface area contributed by atoms with Gasteiger partial charge in [-0.15, -0.1) is 0 Å². The van der Waals surface area contributed by atoms with Gasteiger partial charge in [0.1, 0.15) is 5.69 Å². The Labute approximate surface area is 113 Å². The first-order valence-electron chi connectivity index (χ1n) is 6.30. The number of hydrogen-bond acceptors (Lipinski definition) is 3. The van der Waals surface area contributed by atoms with Crippen molar-refractivity contribution in [3.63, 3.8) is 0 Å². The Bertz CT molecular complexity index is 495. The summed E-state index contributed by atoms with van der Waals surface area (Å²) in [7, 11) is 0. The lowest BCUT2D eigenvalue weighted by molar-refractivity contribution is 0.0694. The van der Waals surface area contributed by atoms with Gasteiger partial charge >= 0.3 is 5.97 Å². The minimum Gasteiger partial charge on any atom is -0.478 e. The molecule has 0 aliphatic heterocycles. The van der Waals surface area contributed by atoms with Crippen molar-refractivity contribution in [3.05, 3.63) is 29.1 Å². The summed E-state index contributed by atoms with van der Waals surface area (Å²) < 4.78 is 0. The van der Waals surface area contributed by atoms with Crippen LogP contribution in [0.25, 0.3) is 0 Å². The van der Waals surface area contributed by atoms with Crippen LogP contribution in [0.2, 0.25) is 0 Å². The molecule has 1 rings (SSSR count). The minimum absolute atomic E-state index is 0.115. The van der Waals surface area contributed by atoms with Gasteiger partial charge in [-0.3, -0.25) is 4.79 Å². The predicted molar refractivity (Wildman–Crippen MR) is 72.4 cm³/mol. The van der Waals surface area contributed by atoms with E-state index in [-0.39, 0.29) is 22.7 Å². The van der Waals surface area contributed by atoms with Gasteiger partial charge in [-0.1, -0.05) is 13.3 Å². The van der Waals surface area contributed by atoms with Crippen molar-refractivity contribution in [1.82, 2.24) is 10.3 Å². The van der Waals surface area contributed by atoms with Crippen molar-refractivity contribution in [2.75, 3.05) is 0 Å². The van der Waals surface area contributed by atoms with Gasteiger partial charge in [0.15, 0.2) is 0 Å². The number of carboxylic acid groups (broad SMARTS) is 1. The lowest BCUT2D eigenvalue weighted by Crippen LogP contribution is -2.43. The summed E-state index contributed by atoms with van der Waals surface area (Å²) in [4.78, 5) is 27.0. The van der Waals surface area contributed by atoms with Gasteiger partial charge in [0.25, 0.3) is 5.91 Å². The van der Waals surface area contributed by atoms with Crippen molar-refractivity contribution in [1.29, 1.82) is 0 Å². The van der Waals surface area contributed by atoms with E-state index in [0.717, 1.165) is 12.8 Å². The molecule has 1 heterocycles. The molecule has 5 heteroatoms. The molecule has 2 N–H and O–H groups in total. The minimum atomic E-state index is -1.04. The summed E-state index contributed by atoms with van der Waals surface area (Å²) in [5, 5.41) is 11.8. The molecule has 1 aromatic rings. The quantitative estimate of drug-likeness (QED) is 0.855. The van der Waals surface area contributed by atoms with E-state index in [9.17, 15) is 9.59 Å². The van der Waals surface area contributed by atoms with Crippen molar-refractivity contribution < 1.29 is 14.7 Å². The van der Waals surface area contributed by atoms with Crippen LogP contribution in [0.4, 0.5) is 0 Å². The second-order valence-electron chi connectivity index (χ2n) is 5.22. The highest BCUT2D eigenvalue weighted by atomic mass is 16.4. The van der Waals surface area contributed by atoms with Gasteiger partial charge in [0.2, 0.25) is 0 Å². The van der Waals surface area contributed by atoms with Gasteiger partial charge in [-0.25, -0.2) is 9.78 Å². The molecular formula is C14H20N2O3. The number of pyridine rings is 1. The third-order valence-corrected chi connectivity index (χ3v) is 2.88. The fraction of sp³-hybridized carbons (Fsp3) is 0.500. The summed E-state index contributed by atoms with van der Waals surface area (Å²) in [5.74, 6) is -1.32. The van der Waals surface area contributed by atoms with Crippen molar-refractivity contribution in [3.8, 4) is 0 Å². The lowest BCUT2D eigenvalue weighted by atomic mass is 9.98. The molecule has 0 unspecified atom stereocenters. The summed E-state index contributed by atoms with van der Waals surface area (Å²) in [5.41, 5.74) is 0.400. The molecule has 1 aromatic heterocycles. The van der Waals surface area contributed by atoms with Crippen LogP contribution in [0.3, 0.4) is 0 Å². The molecule has 0 aliphatic carbocycles. The number of carboxylic acids is 1. The third-order valence-electron chi connectivity index (χ3n) is 2.88. The van der Waals surface area contributed by atoms with Gasteiger partial charge in [-0.05, 0) is 39.3 Å². The van der Waals surface area contributed by atoms with E-state index in [1.165, 1.54) is 12.1 Å². The molecule has 0 fully saturated rings. The largest absolute Gasteiger partial charge is 0.478 e. The van der Waals surface area contributed by atoms with Crippen LogP contribution in [-0.4, -0.2) is 27.5 Å². The van der Waals surface area contributed by atoms with Crippen molar-refractivity contribution >= 4 is 11.9 Å². The standard InChI is InChI=1S/C14H20N2O3/c1-5-8-14(3,4)16-12(17)11-7-6-10(13(18)19)9(2)15-11/h6-7H,5,8H2,1-4H3,(H,16,17)(H,18,19). The zero-order valence-corrected chi connectivity index (χ0v) is 11.8. The summed E-state index contributed by atoms with van der Waals surface area (Å²) in [6, 6.07) is 2.85. The number of carbonyl (C=O) groups is 2. The van der Waals surface area contributed by atoms with Gasteiger partial charge in [0.05, 0.1) is 11.3 Å². The molecular weight excluding hydrogens is 244 g/mol. The highest BCUT2D eigenvalue weighted by molar-refractivity contribution is 5.94. The first-order valence-corrected chi connectivity index (χ1v) is 6.30.